The maximum Gasteiger partial charge on any atom is 0.214 e. The number of aromatic nitrogens is 5. The fourth-order valence-electron chi connectivity index (χ4n) is 2.93. The van der Waals surface area contributed by atoms with E-state index < -0.39 is 0 Å². The van der Waals surface area contributed by atoms with Crippen LogP contribution in [0.1, 0.15) is 11.6 Å². The molecule has 0 aliphatic carbocycles. The van der Waals surface area contributed by atoms with E-state index in [1.807, 2.05) is 39.7 Å². The van der Waals surface area contributed by atoms with Crippen molar-refractivity contribution in [1.82, 2.24) is 29.3 Å². The first-order valence-electron chi connectivity index (χ1n) is 8.50. The molecule has 0 fully saturated rings. The second-order valence-electron chi connectivity index (χ2n) is 6.58. The van der Waals surface area contributed by atoms with Crippen molar-refractivity contribution >= 4 is 21.4 Å². The minimum absolute atomic E-state index is 0.185. The number of anilines is 1. The van der Waals surface area contributed by atoms with Gasteiger partial charge in [-0.3, -0.25) is 4.68 Å². The van der Waals surface area contributed by atoms with E-state index in [4.69, 9.17) is 0 Å². The third-order valence-electron chi connectivity index (χ3n) is 4.36. The fraction of sp³-hybridized carbons (Fsp3) is 0.278. The lowest BCUT2D eigenvalue weighted by Gasteiger charge is -2.23. The highest BCUT2D eigenvalue weighted by molar-refractivity contribution is 7.20. The number of nitrogens with zero attached hydrogens (tertiary/aromatic N) is 6. The van der Waals surface area contributed by atoms with Gasteiger partial charge in [-0.1, -0.05) is 11.3 Å². The second kappa shape index (κ2) is 7.09. The van der Waals surface area contributed by atoms with Gasteiger partial charge < -0.3 is 10.2 Å². The lowest BCUT2D eigenvalue weighted by Crippen LogP contribution is -2.26. The molecule has 7 nitrogen and oxygen atoms in total. The monoisotopic (exact) mass is 385 g/mol. The molecule has 0 aliphatic rings. The molecule has 1 N–H and O–H groups in total. The third kappa shape index (κ3) is 3.69. The Morgan fingerprint density at radius 1 is 1.22 bits per heavy atom. The molecule has 0 spiro atoms. The highest BCUT2D eigenvalue weighted by Crippen LogP contribution is 2.26. The summed E-state index contributed by atoms with van der Waals surface area (Å²) in [6.45, 7) is 0.709. The van der Waals surface area contributed by atoms with Crippen LogP contribution in [0.2, 0.25) is 0 Å². The molecule has 9 heteroatoms. The van der Waals surface area contributed by atoms with Gasteiger partial charge in [0, 0.05) is 30.9 Å². The molecule has 27 heavy (non-hydrogen) atoms. The van der Waals surface area contributed by atoms with E-state index in [-0.39, 0.29) is 11.9 Å². The van der Waals surface area contributed by atoms with Gasteiger partial charge in [0.15, 0.2) is 0 Å². The number of likely N-dealkylation sites (N-methyl/N-ethyl adjacent to an activating group) is 1. The molecule has 0 saturated heterocycles. The van der Waals surface area contributed by atoms with Crippen LogP contribution in [0, 0.1) is 5.82 Å². The van der Waals surface area contributed by atoms with Crippen molar-refractivity contribution in [3.63, 3.8) is 0 Å². The van der Waals surface area contributed by atoms with Gasteiger partial charge in [-0.05, 0) is 38.4 Å². The molecule has 4 aromatic rings. The van der Waals surface area contributed by atoms with Gasteiger partial charge in [-0.25, -0.2) is 13.9 Å². The number of benzene rings is 1. The summed E-state index contributed by atoms with van der Waals surface area (Å²) < 4.78 is 16.6. The van der Waals surface area contributed by atoms with Gasteiger partial charge in [0.25, 0.3) is 0 Å². The van der Waals surface area contributed by atoms with E-state index in [1.54, 1.807) is 21.3 Å². The molecular weight excluding hydrogens is 365 g/mol. The summed E-state index contributed by atoms with van der Waals surface area (Å²) in [7, 11) is 6.00. The predicted molar refractivity (Wildman–Crippen MR) is 104 cm³/mol. The average molecular weight is 385 g/mol. The molecule has 140 valence electrons. The topological polar surface area (TPSA) is 63.3 Å². The Morgan fingerprint density at radius 2 is 2.00 bits per heavy atom. The molecule has 0 bridgehead atoms. The molecule has 4 rings (SSSR count). The van der Waals surface area contributed by atoms with Gasteiger partial charge >= 0.3 is 0 Å². The molecular formula is C18H20FN7S. The smallest absolute Gasteiger partial charge is 0.214 e. The number of rotatable bonds is 6. The van der Waals surface area contributed by atoms with Crippen LogP contribution in [-0.2, 0) is 7.05 Å². The molecule has 3 heterocycles. The number of hydrogen-bond acceptors (Lipinski definition) is 6. The number of halogens is 1. The summed E-state index contributed by atoms with van der Waals surface area (Å²) in [5.74, 6) is -0.256. The Balaban J connectivity index is 1.49. The minimum atomic E-state index is -0.256. The van der Waals surface area contributed by atoms with Crippen molar-refractivity contribution in [3.8, 4) is 11.3 Å². The average Bonchev–Trinajstić information content (AvgIpc) is 3.30. The Kier molecular flexibility index (Phi) is 4.63. The summed E-state index contributed by atoms with van der Waals surface area (Å²) in [5.41, 5.74) is 2.80. The van der Waals surface area contributed by atoms with E-state index >= 15 is 0 Å². The molecule has 0 radical (unpaired) electrons. The van der Waals surface area contributed by atoms with Crippen LogP contribution < -0.4 is 5.32 Å². The van der Waals surface area contributed by atoms with E-state index in [0.29, 0.717) is 6.54 Å². The first kappa shape index (κ1) is 17.6. The largest absolute Gasteiger partial charge is 0.358 e. The van der Waals surface area contributed by atoms with Crippen LogP contribution in [-0.4, -0.2) is 49.9 Å². The van der Waals surface area contributed by atoms with Gasteiger partial charge in [0.05, 0.1) is 24.1 Å². The van der Waals surface area contributed by atoms with Crippen LogP contribution in [0.4, 0.5) is 9.52 Å². The highest BCUT2D eigenvalue weighted by Gasteiger charge is 2.17. The van der Waals surface area contributed by atoms with E-state index in [2.05, 4.69) is 25.4 Å². The molecule has 0 aliphatic heterocycles. The highest BCUT2D eigenvalue weighted by atomic mass is 32.1. The van der Waals surface area contributed by atoms with Crippen molar-refractivity contribution in [2.24, 2.45) is 7.05 Å². The Morgan fingerprint density at radius 3 is 2.63 bits per heavy atom. The van der Waals surface area contributed by atoms with Crippen LogP contribution in [0.25, 0.3) is 16.2 Å². The molecule has 1 unspecified atom stereocenters. The molecule has 0 saturated carbocycles. The molecule has 0 amide bonds. The Bertz CT molecular complexity index is 1020. The van der Waals surface area contributed by atoms with Crippen molar-refractivity contribution in [2.75, 3.05) is 26.0 Å². The first-order chi connectivity index (χ1) is 13.0. The Hall–Kier alpha value is -2.78. The molecule has 1 atom stereocenters. The summed E-state index contributed by atoms with van der Waals surface area (Å²) in [5, 5.41) is 13.0. The van der Waals surface area contributed by atoms with E-state index in [0.717, 1.165) is 26.9 Å². The zero-order valence-corrected chi connectivity index (χ0v) is 16.1. The van der Waals surface area contributed by atoms with Crippen molar-refractivity contribution in [3.05, 3.63) is 54.2 Å². The number of imidazole rings is 1. The maximum absolute atomic E-state index is 13.1. The minimum Gasteiger partial charge on any atom is -0.358 e. The third-order valence-corrected chi connectivity index (χ3v) is 5.24. The van der Waals surface area contributed by atoms with E-state index in [9.17, 15) is 4.39 Å². The fourth-order valence-corrected chi connectivity index (χ4v) is 3.71. The van der Waals surface area contributed by atoms with Crippen molar-refractivity contribution in [2.45, 2.75) is 6.04 Å². The maximum atomic E-state index is 13.1. The van der Waals surface area contributed by atoms with Gasteiger partial charge in [0.2, 0.25) is 10.1 Å². The number of aryl methyl sites for hydroxylation is 1. The van der Waals surface area contributed by atoms with Crippen molar-refractivity contribution < 1.29 is 4.39 Å². The van der Waals surface area contributed by atoms with Crippen molar-refractivity contribution in [1.29, 1.82) is 0 Å². The van der Waals surface area contributed by atoms with Crippen LogP contribution in [0.15, 0.2) is 42.9 Å². The predicted octanol–water partition coefficient (Wildman–Crippen LogP) is 3.05. The molecule has 1 aromatic carbocycles. The second-order valence-corrected chi connectivity index (χ2v) is 7.53. The lowest BCUT2D eigenvalue weighted by atomic mass is 10.1. The molecule has 3 aromatic heterocycles. The van der Waals surface area contributed by atoms with Crippen LogP contribution in [0.3, 0.4) is 0 Å². The van der Waals surface area contributed by atoms with Gasteiger partial charge in [-0.2, -0.15) is 5.10 Å². The zero-order chi connectivity index (χ0) is 19.0. The Labute approximate surface area is 160 Å². The number of hydrogen-bond donors (Lipinski definition) is 1. The van der Waals surface area contributed by atoms with E-state index in [1.165, 1.54) is 23.5 Å². The lowest BCUT2D eigenvalue weighted by molar-refractivity contribution is 0.311. The van der Waals surface area contributed by atoms with Crippen LogP contribution in [0.5, 0.6) is 0 Å². The summed E-state index contributed by atoms with van der Waals surface area (Å²) in [4.78, 5) is 7.53. The number of fused-ring (bicyclic) bond motifs is 1. The standard InChI is InChI=1S/C18H20FN7S/c1-24(2)16(13-8-21-25(3)10-13)9-20-17-23-26-11-15(22-18(26)27-17)12-4-6-14(19)7-5-12/h4-8,10-11,16H,9H2,1-3H3,(H,20,23). The SMILES string of the molecule is CN(C)C(CNc1nn2cc(-c3ccc(F)cc3)nc2s1)c1cnn(C)c1. The summed E-state index contributed by atoms with van der Waals surface area (Å²) in [6.07, 6.45) is 5.76. The first-order valence-corrected chi connectivity index (χ1v) is 9.32. The summed E-state index contributed by atoms with van der Waals surface area (Å²) in [6, 6.07) is 6.49. The zero-order valence-electron chi connectivity index (χ0n) is 15.3. The number of nitrogens with one attached hydrogen (secondary N) is 1. The normalized spacial score (nSPS) is 12.8. The summed E-state index contributed by atoms with van der Waals surface area (Å²) >= 11 is 1.49. The quantitative estimate of drug-likeness (QED) is 0.553. The van der Waals surface area contributed by atoms with Gasteiger partial charge in [-0.15, -0.1) is 5.10 Å². The van der Waals surface area contributed by atoms with Crippen LogP contribution >= 0.6 is 11.3 Å². The van der Waals surface area contributed by atoms with Gasteiger partial charge in [0.1, 0.15) is 5.82 Å².